The molecule has 0 saturated carbocycles. The Kier molecular flexibility index (Phi) is 4.62. The molecule has 1 unspecified atom stereocenters. The molecule has 1 atom stereocenters. The van der Waals surface area contributed by atoms with Gasteiger partial charge in [-0.25, -0.2) is 4.39 Å². The number of carboxylic acid groups (broad SMARTS) is 1. The highest BCUT2D eigenvalue weighted by atomic mass is 32.2. The maximum absolute atomic E-state index is 12.9. The summed E-state index contributed by atoms with van der Waals surface area (Å²) >= 11 is 1.59. The average molecular weight is 228 g/mol. The Labute approximate surface area is 92.5 Å². The van der Waals surface area contributed by atoms with Crippen molar-refractivity contribution in [3.63, 3.8) is 0 Å². The predicted molar refractivity (Wildman–Crippen MR) is 59.8 cm³/mol. The fourth-order valence-electron chi connectivity index (χ4n) is 1.39. The lowest BCUT2D eigenvalue weighted by Gasteiger charge is -2.11. The molecule has 0 fully saturated rings. The molecule has 1 aromatic carbocycles. The van der Waals surface area contributed by atoms with Gasteiger partial charge in [-0.2, -0.15) is 11.8 Å². The monoisotopic (exact) mass is 228 g/mol. The van der Waals surface area contributed by atoms with Crippen molar-refractivity contribution in [1.82, 2.24) is 0 Å². The van der Waals surface area contributed by atoms with Crippen LogP contribution in [0.5, 0.6) is 0 Å². The molecule has 82 valence electrons. The number of rotatable bonds is 5. The molecule has 0 bridgehead atoms. The molecule has 1 rings (SSSR count). The van der Waals surface area contributed by atoms with Crippen LogP contribution < -0.4 is 0 Å². The molecule has 0 spiro atoms. The SMILES string of the molecule is CSCCC(C(=O)O)c1cccc(F)c1. The lowest BCUT2D eigenvalue weighted by atomic mass is 9.97. The molecule has 0 aliphatic rings. The Morgan fingerprint density at radius 1 is 1.60 bits per heavy atom. The average Bonchev–Trinajstić information content (AvgIpc) is 2.18. The number of thioether (sulfide) groups is 1. The molecule has 0 aliphatic carbocycles. The van der Waals surface area contributed by atoms with Crippen molar-refractivity contribution in [2.75, 3.05) is 12.0 Å². The second-order valence-corrected chi connectivity index (χ2v) is 4.21. The smallest absolute Gasteiger partial charge is 0.311 e. The fraction of sp³-hybridized carbons (Fsp3) is 0.364. The molecule has 0 saturated heterocycles. The van der Waals surface area contributed by atoms with Gasteiger partial charge in [0.2, 0.25) is 0 Å². The summed E-state index contributed by atoms with van der Waals surface area (Å²) in [7, 11) is 0. The van der Waals surface area contributed by atoms with E-state index in [1.807, 2.05) is 6.26 Å². The van der Waals surface area contributed by atoms with E-state index in [1.54, 1.807) is 23.9 Å². The highest BCUT2D eigenvalue weighted by Gasteiger charge is 2.19. The standard InChI is InChI=1S/C11H13FO2S/c1-15-6-5-10(11(13)14)8-3-2-4-9(12)7-8/h2-4,7,10H,5-6H2,1H3,(H,13,14). The minimum atomic E-state index is -0.894. The van der Waals surface area contributed by atoms with Gasteiger partial charge in [0.05, 0.1) is 5.92 Å². The van der Waals surface area contributed by atoms with Crippen LogP contribution in [0.25, 0.3) is 0 Å². The number of carbonyl (C=O) groups is 1. The molecule has 1 N–H and O–H groups in total. The number of benzene rings is 1. The summed E-state index contributed by atoms with van der Waals surface area (Å²) in [6, 6.07) is 5.80. The van der Waals surface area contributed by atoms with Gasteiger partial charge in [-0.3, -0.25) is 4.79 Å². The van der Waals surface area contributed by atoms with Crippen molar-refractivity contribution in [2.45, 2.75) is 12.3 Å². The molecule has 0 amide bonds. The summed E-state index contributed by atoms with van der Waals surface area (Å²) < 4.78 is 12.9. The van der Waals surface area contributed by atoms with Crippen molar-refractivity contribution in [1.29, 1.82) is 0 Å². The Morgan fingerprint density at radius 3 is 2.87 bits per heavy atom. The highest BCUT2D eigenvalue weighted by Crippen LogP contribution is 2.22. The van der Waals surface area contributed by atoms with E-state index in [-0.39, 0.29) is 5.82 Å². The van der Waals surface area contributed by atoms with Gasteiger partial charge in [0.15, 0.2) is 0 Å². The number of halogens is 1. The van der Waals surface area contributed by atoms with E-state index in [1.165, 1.54) is 12.1 Å². The van der Waals surface area contributed by atoms with E-state index in [2.05, 4.69) is 0 Å². The molecule has 4 heteroatoms. The number of carboxylic acids is 1. The molecular formula is C11H13FO2S. The maximum Gasteiger partial charge on any atom is 0.311 e. The first-order chi connectivity index (χ1) is 7.15. The third-order valence-corrected chi connectivity index (χ3v) is 2.80. The zero-order valence-corrected chi connectivity index (χ0v) is 9.26. The summed E-state index contributed by atoms with van der Waals surface area (Å²) in [6.45, 7) is 0. The van der Waals surface area contributed by atoms with Gasteiger partial charge in [0.25, 0.3) is 0 Å². The summed E-state index contributed by atoms with van der Waals surface area (Å²) in [6.07, 6.45) is 2.45. The van der Waals surface area contributed by atoms with E-state index in [0.29, 0.717) is 12.0 Å². The topological polar surface area (TPSA) is 37.3 Å². The minimum absolute atomic E-state index is 0.386. The Balaban J connectivity index is 2.84. The molecule has 0 heterocycles. The van der Waals surface area contributed by atoms with Gasteiger partial charge < -0.3 is 5.11 Å². The van der Waals surface area contributed by atoms with Crippen LogP contribution in [-0.4, -0.2) is 23.1 Å². The molecule has 0 aromatic heterocycles. The Morgan fingerprint density at radius 2 is 2.33 bits per heavy atom. The van der Waals surface area contributed by atoms with Crippen LogP contribution in [0.4, 0.5) is 4.39 Å². The fourth-order valence-corrected chi connectivity index (χ4v) is 1.86. The van der Waals surface area contributed by atoms with E-state index in [0.717, 1.165) is 5.75 Å². The van der Waals surface area contributed by atoms with Gasteiger partial charge >= 0.3 is 5.97 Å². The number of hydrogen-bond acceptors (Lipinski definition) is 2. The van der Waals surface area contributed by atoms with Gasteiger partial charge in [-0.1, -0.05) is 12.1 Å². The largest absolute Gasteiger partial charge is 0.481 e. The van der Waals surface area contributed by atoms with Crippen molar-refractivity contribution < 1.29 is 14.3 Å². The van der Waals surface area contributed by atoms with Crippen LogP contribution in [0.1, 0.15) is 17.9 Å². The molecule has 0 radical (unpaired) electrons. The second kappa shape index (κ2) is 5.75. The first-order valence-electron chi connectivity index (χ1n) is 4.62. The van der Waals surface area contributed by atoms with Gasteiger partial charge in [-0.05, 0) is 36.1 Å². The minimum Gasteiger partial charge on any atom is -0.481 e. The van der Waals surface area contributed by atoms with Crippen molar-refractivity contribution >= 4 is 17.7 Å². The van der Waals surface area contributed by atoms with Gasteiger partial charge in [0.1, 0.15) is 5.82 Å². The third kappa shape index (κ3) is 3.55. The second-order valence-electron chi connectivity index (χ2n) is 3.23. The number of aliphatic carboxylic acids is 1. The van der Waals surface area contributed by atoms with Crippen molar-refractivity contribution in [3.8, 4) is 0 Å². The van der Waals surface area contributed by atoms with Crippen molar-refractivity contribution in [2.24, 2.45) is 0 Å². The zero-order chi connectivity index (χ0) is 11.3. The molecular weight excluding hydrogens is 215 g/mol. The van der Waals surface area contributed by atoms with E-state index >= 15 is 0 Å². The van der Waals surface area contributed by atoms with Crippen molar-refractivity contribution in [3.05, 3.63) is 35.6 Å². The Hall–Kier alpha value is -1.03. The van der Waals surface area contributed by atoms with Crippen LogP contribution in [0.2, 0.25) is 0 Å². The van der Waals surface area contributed by atoms with E-state index in [9.17, 15) is 9.18 Å². The van der Waals surface area contributed by atoms with Crippen LogP contribution in [0.15, 0.2) is 24.3 Å². The number of hydrogen-bond donors (Lipinski definition) is 1. The van der Waals surface area contributed by atoms with Gasteiger partial charge in [0, 0.05) is 0 Å². The molecule has 0 aliphatic heterocycles. The summed E-state index contributed by atoms with van der Waals surface area (Å²) in [4.78, 5) is 11.0. The lowest BCUT2D eigenvalue weighted by molar-refractivity contribution is -0.138. The molecule has 2 nitrogen and oxygen atoms in total. The maximum atomic E-state index is 12.9. The Bertz CT molecular complexity index is 341. The van der Waals surface area contributed by atoms with Crippen LogP contribution in [-0.2, 0) is 4.79 Å². The summed E-state index contributed by atoms with van der Waals surface area (Å²) in [5.41, 5.74) is 0.538. The third-order valence-electron chi connectivity index (χ3n) is 2.16. The first-order valence-corrected chi connectivity index (χ1v) is 6.01. The van der Waals surface area contributed by atoms with E-state index < -0.39 is 11.9 Å². The molecule has 1 aromatic rings. The van der Waals surface area contributed by atoms with Crippen LogP contribution >= 0.6 is 11.8 Å². The highest BCUT2D eigenvalue weighted by molar-refractivity contribution is 7.98. The van der Waals surface area contributed by atoms with Crippen LogP contribution in [0, 0.1) is 5.82 Å². The molecule has 15 heavy (non-hydrogen) atoms. The predicted octanol–water partition coefficient (Wildman–Crippen LogP) is 2.75. The summed E-state index contributed by atoms with van der Waals surface area (Å²) in [5.74, 6) is -1.13. The summed E-state index contributed by atoms with van der Waals surface area (Å²) in [5, 5.41) is 9.01. The van der Waals surface area contributed by atoms with E-state index in [4.69, 9.17) is 5.11 Å². The van der Waals surface area contributed by atoms with Crippen LogP contribution in [0.3, 0.4) is 0 Å². The zero-order valence-electron chi connectivity index (χ0n) is 8.44. The van der Waals surface area contributed by atoms with Gasteiger partial charge in [-0.15, -0.1) is 0 Å². The lowest BCUT2D eigenvalue weighted by Crippen LogP contribution is -2.12. The quantitative estimate of drug-likeness (QED) is 0.842. The first kappa shape index (κ1) is 12.0. The normalized spacial score (nSPS) is 12.4.